The van der Waals surface area contributed by atoms with Gasteiger partial charge < -0.3 is 14.4 Å². The molecule has 0 aliphatic carbocycles. The molecule has 0 bridgehead atoms. The minimum atomic E-state index is -0.177. The molecule has 0 aromatic heterocycles. The van der Waals surface area contributed by atoms with Crippen molar-refractivity contribution in [3.05, 3.63) is 58.1 Å². The summed E-state index contributed by atoms with van der Waals surface area (Å²) < 4.78 is 10.6. The van der Waals surface area contributed by atoms with Crippen molar-refractivity contribution in [1.82, 2.24) is 4.90 Å². The molecule has 2 rings (SSSR count). The third kappa shape index (κ3) is 4.78. The van der Waals surface area contributed by atoms with Crippen LogP contribution in [-0.2, 0) is 11.3 Å². The molecule has 0 aliphatic heterocycles. The predicted molar refractivity (Wildman–Crippen MR) is 91.4 cm³/mol. The van der Waals surface area contributed by atoms with Crippen LogP contribution in [0.1, 0.15) is 5.56 Å². The fourth-order valence-corrected chi connectivity index (χ4v) is 2.50. The van der Waals surface area contributed by atoms with E-state index in [1.807, 2.05) is 24.3 Å². The summed E-state index contributed by atoms with van der Waals surface area (Å²) in [4.78, 5) is 13.8. The van der Waals surface area contributed by atoms with Gasteiger partial charge in [-0.25, -0.2) is 0 Å². The van der Waals surface area contributed by atoms with Crippen LogP contribution in [0.3, 0.4) is 0 Å². The van der Waals surface area contributed by atoms with Gasteiger partial charge in [-0.3, -0.25) is 4.79 Å². The fraction of sp³-hybridized carbons (Fsp3) is 0.235. The number of methoxy groups -OCH3 is 1. The Hall–Kier alpha value is -1.91. The molecule has 1 amide bonds. The molecule has 0 aliphatic rings. The van der Waals surface area contributed by atoms with Crippen molar-refractivity contribution in [3.63, 3.8) is 0 Å². The smallest absolute Gasteiger partial charge is 0.260 e. The normalized spacial score (nSPS) is 10.3. The van der Waals surface area contributed by atoms with Crippen LogP contribution >= 0.6 is 23.2 Å². The number of halogens is 2. The van der Waals surface area contributed by atoms with Gasteiger partial charge in [-0.15, -0.1) is 0 Å². The van der Waals surface area contributed by atoms with Crippen molar-refractivity contribution in [2.45, 2.75) is 6.54 Å². The first kappa shape index (κ1) is 17.4. The molecule has 0 N–H and O–H groups in total. The molecular formula is C17H17Cl2NO3. The largest absolute Gasteiger partial charge is 0.497 e. The molecule has 0 radical (unpaired) electrons. The zero-order valence-corrected chi connectivity index (χ0v) is 14.4. The summed E-state index contributed by atoms with van der Waals surface area (Å²) in [5.41, 5.74) is 0.968. The SMILES string of the molecule is COc1cccc(CN(C)C(=O)COc2c(Cl)cccc2Cl)c1. The van der Waals surface area contributed by atoms with E-state index in [-0.39, 0.29) is 12.5 Å². The Morgan fingerprint density at radius 3 is 2.43 bits per heavy atom. The molecule has 122 valence electrons. The van der Waals surface area contributed by atoms with Gasteiger partial charge in [0, 0.05) is 13.6 Å². The van der Waals surface area contributed by atoms with Gasteiger partial charge in [-0.1, -0.05) is 41.4 Å². The highest BCUT2D eigenvalue weighted by molar-refractivity contribution is 6.37. The molecule has 0 fully saturated rings. The van der Waals surface area contributed by atoms with Gasteiger partial charge in [0.25, 0.3) is 5.91 Å². The highest BCUT2D eigenvalue weighted by Gasteiger charge is 2.13. The Kier molecular flexibility index (Phi) is 6.13. The summed E-state index contributed by atoms with van der Waals surface area (Å²) in [6.07, 6.45) is 0. The van der Waals surface area contributed by atoms with E-state index in [0.29, 0.717) is 22.3 Å². The summed E-state index contributed by atoms with van der Waals surface area (Å²) in [5, 5.41) is 0.751. The van der Waals surface area contributed by atoms with Crippen LogP contribution < -0.4 is 9.47 Å². The average molecular weight is 354 g/mol. The number of benzene rings is 2. The lowest BCUT2D eigenvalue weighted by molar-refractivity contribution is -0.132. The molecule has 2 aromatic carbocycles. The maximum atomic E-state index is 12.2. The van der Waals surface area contributed by atoms with E-state index in [2.05, 4.69) is 0 Å². The van der Waals surface area contributed by atoms with Crippen molar-refractivity contribution in [1.29, 1.82) is 0 Å². The monoisotopic (exact) mass is 353 g/mol. The van der Waals surface area contributed by atoms with E-state index < -0.39 is 0 Å². The lowest BCUT2D eigenvalue weighted by Crippen LogP contribution is -2.31. The molecule has 23 heavy (non-hydrogen) atoms. The Bertz CT molecular complexity index is 671. The van der Waals surface area contributed by atoms with Gasteiger partial charge in [0.2, 0.25) is 0 Å². The van der Waals surface area contributed by atoms with Crippen molar-refractivity contribution < 1.29 is 14.3 Å². The molecule has 0 atom stereocenters. The quantitative estimate of drug-likeness (QED) is 0.786. The van der Waals surface area contributed by atoms with Gasteiger partial charge in [0.1, 0.15) is 5.75 Å². The first-order valence-corrected chi connectivity index (χ1v) is 7.70. The van der Waals surface area contributed by atoms with Crippen molar-refractivity contribution >= 4 is 29.1 Å². The van der Waals surface area contributed by atoms with Gasteiger partial charge >= 0.3 is 0 Å². The lowest BCUT2D eigenvalue weighted by Gasteiger charge is -2.18. The van der Waals surface area contributed by atoms with Gasteiger partial charge in [0.05, 0.1) is 17.2 Å². The molecule has 0 heterocycles. The number of para-hydroxylation sites is 1. The molecule has 2 aromatic rings. The van der Waals surface area contributed by atoms with E-state index in [9.17, 15) is 4.79 Å². The summed E-state index contributed by atoms with van der Waals surface area (Å²) in [5.74, 6) is 0.894. The van der Waals surface area contributed by atoms with Gasteiger partial charge in [0.15, 0.2) is 12.4 Å². The first-order valence-electron chi connectivity index (χ1n) is 6.95. The second kappa shape index (κ2) is 8.09. The summed E-state index contributed by atoms with van der Waals surface area (Å²) in [6, 6.07) is 12.6. The summed E-state index contributed by atoms with van der Waals surface area (Å²) >= 11 is 12.0. The molecule has 0 saturated carbocycles. The highest BCUT2D eigenvalue weighted by Crippen LogP contribution is 2.32. The predicted octanol–water partition coefficient (Wildman–Crippen LogP) is 4.04. The van der Waals surface area contributed by atoms with Crippen LogP contribution in [0.4, 0.5) is 0 Å². The van der Waals surface area contributed by atoms with E-state index in [1.165, 1.54) is 0 Å². The number of nitrogens with zero attached hydrogens (tertiary/aromatic N) is 1. The molecular weight excluding hydrogens is 337 g/mol. The third-order valence-electron chi connectivity index (χ3n) is 3.24. The molecule has 4 nitrogen and oxygen atoms in total. The van der Waals surface area contributed by atoms with Crippen molar-refractivity contribution in [2.75, 3.05) is 20.8 Å². The molecule has 0 unspecified atom stereocenters. The van der Waals surface area contributed by atoms with E-state index in [4.69, 9.17) is 32.7 Å². The number of hydrogen-bond acceptors (Lipinski definition) is 3. The number of rotatable bonds is 6. The first-order chi connectivity index (χ1) is 11.0. The summed E-state index contributed by atoms with van der Waals surface area (Å²) in [7, 11) is 3.31. The summed E-state index contributed by atoms with van der Waals surface area (Å²) in [6.45, 7) is 0.319. The number of amides is 1. The van der Waals surface area contributed by atoms with E-state index in [0.717, 1.165) is 11.3 Å². The maximum absolute atomic E-state index is 12.2. The van der Waals surface area contributed by atoms with Crippen molar-refractivity contribution in [2.24, 2.45) is 0 Å². The van der Waals surface area contributed by atoms with Gasteiger partial charge in [-0.05, 0) is 29.8 Å². The van der Waals surface area contributed by atoms with E-state index in [1.54, 1.807) is 37.3 Å². The number of likely N-dealkylation sites (N-methyl/N-ethyl adjacent to an activating group) is 1. The topological polar surface area (TPSA) is 38.8 Å². The van der Waals surface area contributed by atoms with Crippen LogP contribution in [0, 0.1) is 0 Å². The standard InChI is InChI=1S/C17H17Cl2NO3/c1-20(10-12-5-3-6-13(9-12)22-2)16(21)11-23-17-14(18)7-4-8-15(17)19/h3-9H,10-11H2,1-2H3. The Morgan fingerprint density at radius 1 is 1.13 bits per heavy atom. The maximum Gasteiger partial charge on any atom is 0.260 e. The van der Waals surface area contributed by atoms with E-state index >= 15 is 0 Å². The minimum Gasteiger partial charge on any atom is -0.497 e. The highest BCUT2D eigenvalue weighted by atomic mass is 35.5. The third-order valence-corrected chi connectivity index (χ3v) is 3.83. The van der Waals surface area contributed by atoms with Gasteiger partial charge in [-0.2, -0.15) is 0 Å². The molecule has 0 saturated heterocycles. The van der Waals surface area contributed by atoms with Crippen molar-refractivity contribution in [3.8, 4) is 11.5 Å². The molecule has 0 spiro atoms. The number of carbonyl (C=O) groups is 1. The van der Waals surface area contributed by atoms with Crippen LogP contribution in [0.15, 0.2) is 42.5 Å². The number of carbonyl (C=O) groups excluding carboxylic acids is 1. The fourth-order valence-electron chi connectivity index (χ4n) is 2.00. The Labute approximate surface area is 145 Å². The minimum absolute atomic E-state index is 0.135. The lowest BCUT2D eigenvalue weighted by atomic mass is 10.2. The Balaban J connectivity index is 1.95. The second-order valence-electron chi connectivity index (χ2n) is 4.94. The van der Waals surface area contributed by atoms with Crippen LogP contribution in [0.2, 0.25) is 10.0 Å². The Morgan fingerprint density at radius 2 is 1.78 bits per heavy atom. The number of ether oxygens (including phenoxy) is 2. The molecule has 6 heteroatoms. The average Bonchev–Trinajstić information content (AvgIpc) is 2.54. The van der Waals surface area contributed by atoms with Crippen LogP contribution in [0.5, 0.6) is 11.5 Å². The van der Waals surface area contributed by atoms with Crippen LogP contribution in [0.25, 0.3) is 0 Å². The zero-order valence-electron chi connectivity index (χ0n) is 12.9. The second-order valence-corrected chi connectivity index (χ2v) is 5.76. The van der Waals surface area contributed by atoms with Crippen LogP contribution in [-0.4, -0.2) is 31.6 Å². The number of hydrogen-bond donors (Lipinski definition) is 0. The zero-order chi connectivity index (χ0) is 16.8.